The summed E-state index contributed by atoms with van der Waals surface area (Å²) in [5.41, 5.74) is 5.68. The number of carboxylic acids is 1. The fraction of sp³-hybridized carbons (Fsp3) is 0.909. The smallest absolute Gasteiger partial charge is 0.303 e. The monoisotopic (exact) mass is 197 g/mol. The topological polar surface area (TPSA) is 63.3 Å². The molecular weight excluding hydrogens is 178 g/mol. The van der Waals surface area contributed by atoms with Crippen molar-refractivity contribution in [3.63, 3.8) is 0 Å². The third-order valence-electron chi connectivity index (χ3n) is 4.27. The maximum atomic E-state index is 10.8. The van der Waals surface area contributed by atoms with E-state index in [1.807, 2.05) is 0 Å². The van der Waals surface area contributed by atoms with Crippen LogP contribution in [0.4, 0.5) is 0 Å². The Bertz CT molecular complexity index is 241. The molecule has 3 nitrogen and oxygen atoms in total. The highest BCUT2D eigenvalue weighted by atomic mass is 16.4. The first-order valence-electron chi connectivity index (χ1n) is 5.57. The van der Waals surface area contributed by atoms with Crippen molar-refractivity contribution in [2.75, 3.05) is 6.54 Å². The molecule has 80 valence electrons. The van der Waals surface area contributed by atoms with Crippen molar-refractivity contribution in [2.24, 2.45) is 23.0 Å². The summed E-state index contributed by atoms with van der Waals surface area (Å²) in [5.74, 6) is 0.989. The van der Waals surface area contributed by atoms with Gasteiger partial charge in [-0.3, -0.25) is 4.79 Å². The molecule has 3 atom stereocenters. The number of hydrogen-bond acceptors (Lipinski definition) is 2. The SMILES string of the molecule is NC[C@@]1(CC(=O)O)CC[C@H]2CC[C@H]2C1. The van der Waals surface area contributed by atoms with Gasteiger partial charge in [0.15, 0.2) is 0 Å². The van der Waals surface area contributed by atoms with Gasteiger partial charge in [-0.25, -0.2) is 0 Å². The lowest BCUT2D eigenvalue weighted by Gasteiger charge is -2.49. The van der Waals surface area contributed by atoms with E-state index < -0.39 is 5.97 Å². The summed E-state index contributed by atoms with van der Waals surface area (Å²) >= 11 is 0. The molecule has 3 heteroatoms. The first-order valence-corrected chi connectivity index (χ1v) is 5.57. The normalized spacial score (nSPS) is 41.2. The Balaban J connectivity index is 2.01. The molecule has 3 N–H and O–H groups in total. The molecule has 0 spiro atoms. The van der Waals surface area contributed by atoms with Crippen molar-refractivity contribution in [2.45, 2.75) is 38.5 Å². The van der Waals surface area contributed by atoms with E-state index in [1.54, 1.807) is 0 Å². The van der Waals surface area contributed by atoms with Crippen LogP contribution in [0.2, 0.25) is 0 Å². The van der Waals surface area contributed by atoms with Gasteiger partial charge in [-0.05, 0) is 55.9 Å². The molecule has 0 aromatic heterocycles. The summed E-state index contributed by atoms with van der Waals surface area (Å²) in [4.78, 5) is 10.8. The number of rotatable bonds is 3. The molecule has 0 heterocycles. The van der Waals surface area contributed by atoms with Gasteiger partial charge >= 0.3 is 5.97 Å². The number of carbonyl (C=O) groups is 1. The Labute approximate surface area is 84.7 Å². The molecule has 0 bridgehead atoms. The molecule has 2 aliphatic carbocycles. The number of nitrogens with two attached hydrogens (primary N) is 1. The van der Waals surface area contributed by atoms with Crippen molar-refractivity contribution >= 4 is 5.97 Å². The number of carboxylic acid groups (broad SMARTS) is 1. The zero-order valence-corrected chi connectivity index (χ0v) is 8.54. The van der Waals surface area contributed by atoms with Crippen LogP contribution in [-0.2, 0) is 4.79 Å². The highest BCUT2D eigenvalue weighted by Gasteiger charge is 2.44. The Morgan fingerprint density at radius 3 is 2.50 bits per heavy atom. The molecule has 0 amide bonds. The highest BCUT2D eigenvalue weighted by molar-refractivity contribution is 5.67. The average molecular weight is 197 g/mol. The van der Waals surface area contributed by atoms with Crippen LogP contribution in [0.5, 0.6) is 0 Å². The van der Waals surface area contributed by atoms with Gasteiger partial charge in [0.2, 0.25) is 0 Å². The Kier molecular flexibility index (Phi) is 2.52. The molecule has 2 aliphatic rings. The van der Waals surface area contributed by atoms with Crippen molar-refractivity contribution < 1.29 is 9.90 Å². The van der Waals surface area contributed by atoms with Gasteiger partial charge in [-0.2, -0.15) is 0 Å². The third kappa shape index (κ3) is 1.65. The van der Waals surface area contributed by atoms with Crippen molar-refractivity contribution in [3.05, 3.63) is 0 Å². The molecule has 2 fully saturated rings. The van der Waals surface area contributed by atoms with E-state index in [0.29, 0.717) is 6.54 Å². The second-order valence-electron chi connectivity index (χ2n) is 5.11. The molecule has 0 saturated heterocycles. The molecule has 0 aliphatic heterocycles. The summed E-state index contributed by atoms with van der Waals surface area (Å²) < 4.78 is 0. The lowest BCUT2D eigenvalue weighted by Crippen LogP contribution is -2.44. The zero-order valence-electron chi connectivity index (χ0n) is 8.54. The third-order valence-corrected chi connectivity index (χ3v) is 4.27. The summed E-state index contributed by atoms with van der Waals surface area (Å²) in [5, 5.41) is 8.88. The second-order valence-corrected chi connectivity index (χ2v) is 5.11. The first kappa shape index (κ1) is 9.97. The van der Waals surface area contributed by atoms with Gasteiger partial charge in [0, 0.05) is 0 Å². The minimum Gasteiger partial charge on any atom is -0.481 e. The molecule has 0 aromatic rings. The van der Waals surface area contributed by atoms with Crippen LogP contribution in [0, 0.1) is 17.3 Å². The molecular formula is C11H19NO2. The minimum atomic E-state index is -0.687. The lowest BCUT2D eigenvalue weighted by atomic mass is 9.56. The Morgan fingerprint density at radius 2 is 2.07 bits per heavy atom. The first-order chi connectivity index (χ1) is 6.65. The Hall–Kier alpha value is -0.570. The van der Waals surface area contributed by atoms with E-state index in [1.165, 1.54) is 19.3 Å². The van der Waals surface area contributed by atoms with Gasteiger partial charge in [-0.1, -0.05) is 0 Å². The highest BCUT2D eigenvalue weighted by Crippen LogP contribution is 2.52. The standard InChI is InChI=1S/C11H19NO2/c12-7-11(6-10(13)14)4-3-8-1-2-9(8)5-11/h8-9H,1-7,12H2,(H,13,14)/t8-,9+,11+/m1/s1. The molecule has 2 rings (SSSR count). The van der Waals surface area contributed by atoms with Crippen LogP contribution in [-0.4, -0.2) is 17.6 Å². The summed E-state index contributed by atoms with van der Waals surface area (Å²) in [6.07, 6.45) is 6.21. The maximum Gasteiger partial charge on any atom is 0.303 e. The van der Waals surface area contributed by atoms with Gasteiger partial charge in [0.1, 0.15) is 0 Å². The van der Waals surface area contributed by atoms with Crippen molar-refractivity contribution in [3.8, 4) is 0 Å². The van der Waals surface area contributed by atoms with Gasteiger partial charge < -0.3 is 10.8 Å². The average Bonchev–Trinajstić information content (AvgIpc) is 2.09. The van der Waals surface area contributed by atoms with Gasteiger partial charge in [0.05, 0.1) is 6.42 Å². The van der Waals surface area contributed by atoms with Crippen LogP contribution in [0.15, 0.2) is 0 Å². The summed E-state index contributed by atoms with van der Waals surface area (Å²) in [6, 6.07) is 0. The molecule has 14 heavy (non-hydrogen) atoms. The number of hydrogen-bond donors (Lipinski definition) is 2. The van der Waals surface area contributed by atoms with Gasteiger partial charge in [-0.15, -0.1) is 0 Å². The lowest BCUT2D eigenvalue weighted by molar-refractivity contribution is -0.141. The van der Waals surface area contributed by atoms with Crippen molar-refractivity contribution in [1.29, 1.82) is 0 Å². The van der Waals surface area contributed by atoms with Crippen LogP contribution in [0.3, 0.4) is 0 Å². The van der Waals surface area contributed by atoms with E-state index in [9.17, 15) is 4.79 Å². The second kappa shape index (κ2) is 3.54. The van der Waals surface area contributed by atoms with Crippen LogP contribution >= 0.6 is 0 Å². The van der Waals surface area contributed by atoms with Crippen LogP contribution in [0.25, 0.3) is 0 Å². The summed E-state index contributed by atoms with van der Waals surface area (Å²) in [6.45, 7) is 0.544. The predicted molar refractivity (Wildman–Crippen MR) is 53.8 cm³/mol. The number of aliphatic carboxylic acids is 1. The Morgan fingerprint density at radius 1 is 1.36 bits per heavy atom. The van der Waals surface area contributed by atoms with Crippen LogP contribution < -0.4 is 5.73 Å². The molecule has 2 saturated carbocycles. The fourth-order valence-corrected chi connectivity index (χ4v) is 3.18. The molecule has 0 unspecified atom stereocenters. The minimum absolute atomic E-state index is 0.0760. The zero-order chi connectivity index (χ0) is 10.2. The quantitative estimate of drug-likeness (QED) is 0.722. The largest absolute Gasteiger partial charge is 0.481 e. The van der Waals surface area contributed by atoms with Crippen LogP contribution in [0.1, 0.15) is 38.5 Å². The van der Waals surface area contributed by atoms with E-state index in [0.717, 1.165) is 24.7 Å². The van der Waals surface area contributed by atoms with E-state index >= 15 is 0 Å². The van der Waals surface area contributed by atoms with E-state index in [2.05, 4.69) is 0 Å². The van der Waals surface area contributed by atoms with E-state index in [4.69, 9.17) is 10.8 Å². The van der Waals surface area contributed by atoms with E-state index in [-0.39, 0.29) is 11.8 Å². The number of fused-ring (bicyclic) bond motifs is 1. The summed E-state index contributed by atoms with van der Waals surface area (Å²) in [7, 11) is 0. The van der Waals surface area contributed by atoms with Crippen molar-refractivity contribution in [1.82, 2.24) is 0 Å². The maximum absolute atomic E-state index is 10.8. The molecule has 0 aromatic carbocycles. The van der Waals surface area contributed by atoms with Gasteiger partial charge in [0.25, 0.3) is 0 Å². The predicted octanol–water partition coefficient (Wildman–Crippen LogP) is 1.62. The molecule has 0 radical (unpaired) electrons. The fourth-order valence-electron chi connectivity index (χ4n) is 3.18.